The molecule has 2 N–H and O–H groups in total. The summed E-state index contributed by atoms with van der Waals surface area (Å²) in [5, 5.41) is 12.4. The molecular weight excluding hydrogens is 449 g/mol. The van der Waals surface area contributed by atoms with Gasteiger partial charge in [-0.2, -0.15) is 5.10 Å². The zero-order chi connectivity index (χ0) is 19.8. The fraction of sp³-hybridized carbons (Fsp3) is 0.111. The number of nitrogens with one attached hydrogen (secondary N) is 2. The van der Waals surface area contributed by atoms with Crippen molar-refractivity contribution >= 4 is 49.1 Å². The molecule has 3 heterocycles. The molecule has 0 bridgehead atoms. The molecule has 0 aliphatic heterocycles. The lowest BCUT2D eigenvalue weighted by Gasteiger charge is -2.11. The molecule has 0 saturated carbocycles. The Morgan fingerprint density at radius 2 is 2.21 bits per heavy atom. The predicted octanol–water partition coefficient (Wildman–Crippen LogP) is 3.70. The van der Waals surface area contributed by atoms with Crippen LogP contribution in [0.2, 0.25) is 0 Å². The van der Waals surface area contributed by atoms with E-state index in [9.17, 15) is 14.0 Å². The Labute approximate surface area is 170 Å². The average Bonchev–Trinajstić information content (AvgIpc) is 3.29. The van der Waals surface area contributed by atoms with E-state index in [1.807, 2.05) is 5.38 Å². The van der Waals surface area contributed by atoms with E-state index in [-0.39, 0.29) is 12.1 Å². The largest absolute Gasteiger partial charge is 0.315 e. The maximum atomic E-state index is 14.0. The third-order valence-electron chi connectivity index (χ3n) is 4.22. The van der Waals surface area contributed by atoms with E-state index in [0.717, 1.165) is 4.47 Å². The van der Waals surface area contributed by atoms with Gasteiger partial charge in [-0.1, -0.05) is 0 Å². The molecule has 3 aromatic heterocycles. The summed E-state index contributed by atoms with van der Waals surface area (Å²) >= 11 is 4.74. The zero-order valence-corrected chi connectivity index (χ0v) is 16.9. The molecule has 142 valence electrons. The number of pyridine rings is 1. The van der Waals surface area contributed by atoms with Gasteiger partial charge in [0.05, 0.1) is 11.1 Å². The second-order valence-corrected chi connectivity index (χ2v) is 7.82. The quantitative estimate of drug-likeness (QED) is 0.484. The minimum absolute atomic E-state index is 0.246. The number of aromatic nitrogens is 4. The number of aryl methyl sites for hydroxylation is 1. The number of fused-ring (bicyclic) bond motifs is 1. The molecule has 0 spiro atoms. The van der Waals surface area contributed by atoms with Gasteiger partial charge in [0.2, 0.25) is 5.91 Å². The molecule has 4 aromatic rings. The number of nitrogens with zero attached hydrogens (tertiary/aromatic N) is 3. The Kier molecular flexibility index (Phi) is 4.82. The first-order valence-electron chi connectivity index (χ1n) is 8.16. The van der Waals surface area contributed by atoms with E-state index < -0.39 is 11.7 Å². The molecular formula is C18H13BrFN5O2S. The van der Waals surface area contributed by atoms with Crippen LogP contribution in [0.25, 0.3) is 22.3 Å². The molecule has 4 rings (SSSR count). The van der Waals surface area contributed by atoms with Gasteiger partial charge in [0.1, 0.15) is 23.7 Å². The zero-order valence-electron chi connectivity index (χ0n) is 14.5. The summed E-state index contributed by atoms with van der Waals surface area (Å²) in [6.07, 6.45) is 1.37. The van der Waals surface area contributed by atoms with Crippen LogP contribution < -0.4 is 10.9 Å². The Morgan fingerprint density at radius 3 is 2.96 bits per heavy atom. The number of hydrogen-bond acceptors (Lipinski definition) is 5. The van der Waals surface area contributed by atoms with Gasteiger partial charge in [-0.3, -0.25) is 19.3 Å². The highest BCUT2D eigenvalue weighted by molar-refractivity contribution is 9.10. The van der Waals surface area contributed by atoms with Gasteiger partial charge in [0.25, 0.3) is 5.56 Å². The van der Waals surface area contributed by atoms with E-state index in [1.54, 1.807) is 19.1 Å². The summed E-state index contributed by atoms with van der Waals surface area (Å²) in [5.74, 6) is -0.337. The molecule has 0 aliphatic rings. The van der Waals surface area contributed by atoms with Gasteiger partial charge in [0, 0.05) is 15.9 Å². The van der Waals surface area contributed by atoms with Gasteiger partial charge < -0.3 is 5.32 Å². The van der Waals surface area contributed by atoms with Crippen LogP contribution in [0.3, 0.4) is 0 Å². The lowest BCUT2D eigenvalue weighted by Crippen LogP contribution is -2.27. The van der Waals surface area contributed by atoms with Gasteiger partial charge in [-0.25, -0.2) is 9.37 Å². The summed E-state index contributed by atoms with van der Waals surface area (Å²) in [4.78, 5) is 29.1. The second kappa shape index (κ2) is 7.28. The highest BCUT2D eigenvalue weighted by atomic mass is 79.9. The standard InChI is InChI=1S/C18H13BrFN5O2S/c1-9-4-10-2-3-15(27)25(13(10)5-12(9)20)6-14(26)23-18-16(11(19)7-28-18)17-21-8-22-24-17/h2-5,7-8H,6H2,1H3,(H,23,26)(H,21,22,24). The second-order valence-electron chi connectivity index (χ2n) is 6.09. The van der Waals surface area contributed by atoms with Crippen LogP contribution in [-0.2, 0) is 11.3 Å². The fourth-order valence-corrected chi connectivity index (χ4v) is 4.51. The van der Waals surface area contributed by atoms with Crippen molar-refractivity contribution in [2.45, 2.75) is 13.5 Å². The normalized spacial score (nSPS) is 11.1. The molecule has 0 atom stereocenters. The van der Waals surface area contributed by atoms with Crippen molar-refractivity contribution in [2.24, 2.45) is 0 Å². The summed E-state index contributed by atoms with van der Waals surface area (Å²) in [5.41, 5.74) is 1.13. The van der Waals surface area contributed by atoms with Gasteiger partial charge in [0.15, 0.2) is 5.82 Å². The van der Waals surface area contributed by atoms with Gasteiger partial charge in [-0.15, -0.1) is 11.3 Å². The Balaban J connectivity index is 1.67. The fourth-order valence-electron chi connectivity index (χ4n) is 2.88. The number of halogens is 2. The Hall–Kier alpha value is -2.85. The molecule has 7 nitrogen and oxygen atoms in total. The Bertz CT molecular complexity index is 1250. The number of rotatable bonds is 4. The number of carbonyl (C=O) groups is 1. The first-order chi connectivity index (χ1) is 13.4. The summed E-state index contributed by atoms with van der Waals surface area (Å²) in [6, 6.07) is 5.92. The van der Waals surface area contributed by atoms with Crippen molar-refractivity contribution in [1.29, 1.82) is 0 Å². The highest BCUT2D eigenvalue weighted by Crippen LogP contribution is 2.38. The first-order valence-corrected chi connectivity index (χ1v) is 9.83. The van der Waals surface area contributed by atoms with Crippen molar-refractivity contribution < 1.29 is 9.18 Å². The third-order valence-corrected chi connectivity index (χ3v) is 6.05. The number of hydrogen-bond donors (Lipinski definition) is 2. The maximum Gasteiger partial charge on any atom is 0.251 e. The SMILES string of the molecule is Cc1cc2ccc(=O)n(CC(=O)Nc3scc(Br)c3-c3ncn[nH]3)c2cc1F. The van der Waals surface area contributed by atoms with E-state index >= 15 is 0 Å². The molecule has 0 unspecified atom stereocenters. The van der Waals surface area contributed by atoms with Crippen molar-refractivity contribution in [2.75, 3.05) is 5.32 Å². The Morgan fingerprint density at radius 1 is 1.39 bits per heavy atom. The van der Waals surface area contributed by atoms with E-state index in [2.05, 4.69) is 36.4 Å². The highest BCUT2D eigenvalue weighted by Gasteiger charge is 2.18. The van der Waals surface area contributed by atoms with E-state index in [4.69, 9.17) is 0 Å². The number of carbonyl (C=O) groups excluding carboxylic acids is 1. The van der Waals surface area contributed by atoms with Gasteiger partial charge in [-0.05, 0) is 52.0 Å². The average molecular weight is 462 g/mol. The van der Waals surface area contributed by atoms with Crippen molar-refractivity contribution in [3.63, 3.8) is 0 Å². The predicted molar refractivity (Wildman–Crippen MR) is 109 cm³/mol. The van der Waals surface area contributed by atoms with Crippen molar-refractivity contribution in [3.8, 4) is 11.4 Å². The minimum atomic E-state index is -0.429. The van der Waals surface area contributed by atoms with Crippen LogP contribution in [-0.4, -0.2) is 25.7 Å². The van der Waals surface area contributed by atoms with Crippen LogP contribution >= 0.6 is 27.3 Å². The minimum Gasteiger partial charge on any atom is -0.315 e. The number of H-pyrrole nitrogens is 1. The molecule has 10 heteroatoms. The van der Waals surface area contributed by atoms with Crippen LogP contribution in [0.4, 0.5) is 9.39 Å². The lowest BCUT2D eigenvalue weighted by molar-refractivity contribution is -0.116. The van der Waals surface area contributed by atoms with E-state index in [1.165, 1.54) is 34.4 Å². The van der Waals surface area contributed by atoms with Crippen LogP contribution in [0.15, 0.2) is 45.2 Å². The number of benzene rings is 1. The van der Waals surface area contributed by atoms with Gasteiger partial charge >= 0.3 is 0 Å². The molecule has 1 aromatic carbocycles. The third kappa shape index (κ3) is 3.36. The van der Waals surface area contributed by atoms with Crippen LogP contribution in [0.1, 0.15) is 5.56 Å². The number of thiophene rings is 1. The lowest BCUT2D eigenvalue weighted by atomic mass is 10.1. The smallest absolute Gasteiger partial charge is 0.251 e. The number of aromatic amines is 1. The molecule has 1 amide bonds. The topological polar surface area (TPSA) is 92.7 Å². The summed E-state index contributed by atoms with van der Waals surface area (Å²) in [6.45, 7) is 1.40. The molecule has 0 aliphatic carbocycles. The van der Waals surface area contributed by atoms with Crippen molar-refractivity contribution in [3.05, 3.63) is 62.2 Å². The maximum absolute atomic E-state index is 14.0. The van der Waals surface area contributed by atoms with E-state index in [0.29, 0.717) is 32.9 Å². The first kappa shape index (κ1) is 18.5. The molecule has 0 radical (unpaired) electrons. The molecule has 0 fully saturated rings. The van der Waals surface area contributed by atoms with Crippen molar-refractivity contribution in [1.82, 2.24) is 19.7 Å². The summed E-state index contributed by atoms with van der Waals surface area (Å²) in [7, 11) is 0. The number of amides is 1. The monoisotopic (exact) mass is 461 g/mol. The van der Waals surface area contributed by atoms with Crippen LogP contribution in [0, 0.1) is 12.7 Å². The van der Waals surface area contributed by atoms with Crippen LogP contribution in [0.5, 0.6) is 0 Å². The molecule has 28 heavy (non-hydrogen) atoms. The molecule has 0 saturated heterocycles. The number of anilines is 1. The summed E-state index contributed by atoms with van der Waals surface area (Å²) < 4.78 is 16.0.